The van der Waals surface area contributed by atoms with E-state index in [-0.39, 0.29) is 24.3 Å². The van der Waals surface area contributed by atoms with Gasteiger partial charge in [0.15, 0.2) is 0 Å². The quantitative estimate of drug-likeness (QED) is 0.652. The first-order valence-corrected chi connectivity index (χ1v) is 5.04. The average Bonchev–Trinajstić information content (AvgIpc) is 2.12. The smallest absolute Gasteiger partial charge is 0.323 e. The minimum Gasteiger partial charge on any atom is -0.480 e. The van der Waals surface area contributed by atoms with Crippen LogP contribution in [0.1, 0.15) is 20.8 Å². The van der Waals surface area contributed by atoms with Crippen molar-refractivity contribution < 1.29 is 19.5 Å². The fraction of sp³-hybridized carbons (Fsp3) is 0.700. The average molecular weight is 230 g/mol. The maximum atomic E-state index is 11.8. The summed E-state index contributed by atoms with van der Waals surface area (Å²) in [6.07, 6.45) is 0. The fourth-order valence-electron chi connectivity index (χ4n) is 1.14. The van der Waals surface area contributed by atoms with Gasteiger partial charge in [-0.2, -0.15) is 0 Å². The lowest BCUT2D eigenvalue weighted by Crippen LogP contribution is -2.44. The molecule has 0 saturated heterocycles. The molecule has 1 unspecified atom stereocenters. The van der Waals surface area contributed by atoms with Crippen molar-refractivity contribution in [3.63, 3.8) is 0 Å². The first kappa shape index (κ1) is 14.4. The largest absolute Gasteiger partial charge is 0.480 e. The van der Waals surface area contributed by atoms with Crippen LogP contribution < -0.4 is 5.73 Å². The molecule has 0 aromatic rings. The molecule has 0 aliphatic heterocycles. The molecular weight excluding hydrogens is 212 g/mol. The van der Waals surface area contributed by atoms with Crippen LogP contribution in [0.3, 0.4) is 0 Å². The van der Waals surface area contributed by atoms with Crippen molar-refractivity contribution in [1.29, 1.82) is 0 Å². The van der Waals surface area contributed by atoms with Gasteiger partial charge in [-0.05, 0) is 5.92 Å². The van der Waals surface area contributed by atoms with Crippen LogP contribution in [0, 0.1) is 11.8 Å². The highest BCUT2D eigenvalue weighted by molar-refractivity contribution is 5.87. The van der Waals surface area contributed by atoms with Crippen LogP contribution in [0.4, 0.5) is 0 Å². The number of carboxylic acid groups (broad SMARTS) is 1. The molecule has 0 radical (unpaired) electrons. The van der Waals surface area contributed by atoms with Crippen molar-refractivity contribution in [3.8, 4) is 0 Å². The van der Waals surface area contributed by atoms with Crippen molar-refractivity contribution in [2.75, 3.05) is 13.1 Å². The van der Waals surface area contributed by atoms with E-state index < -0.39 is 18.4 Å². The number of carbonyl (C=O) groups is 3. The van der Waals surface area contributed by atoms with E-state index in [1.165, 1.54) is 0 Å². The fourth-order valence-corrected chi connectivity index (χ4v) is 1.14. The number of carbonyl (C=O) groups excluding carboxylic acids is 2. The van der Waals surface area contributed by atoms with Crippen molar-refractivity contribution in [3.05, 3.63) is 0 Å². The Kier molecular flexibility index (Phi) is 5.49. The third-order valence-electron chi connectivity index (χ3n) is 2.37. The van der Waals surface area contributed by atoms with Crippen molar-refractivity contribution in [1.82, 2.24) is 4.90 Å². The summed E-state index contributed by atoms with van der Waals surface area (Å²) >= 11 is 0. The molecule has 6 heteroatoms. The zero-order valence-corrected chi connectivity index (χ0v) is 9.77. The lowest BCUT2D eigenvalue weighted by Gasteiger charge is -2.24. The molecule has 0 saturated carbocycles. The molecule has 1 atom stereocenters. The van der Waals surface area contributed by atoms with Crippen molar-refractivity contribution in [2.45, 2.75) is 20.8 Å². The summed E-state index contributed by atoms with van der Waals surface area (Å²) < 4.78 is 0. The van der Waals surface area contributed by atoms with Gasteiger partial charge in [0.2, 0.25) is 11.8 Å². The van der Waals surface area contributed by atoms with Crippen LogP contribution in [0.2, 0.25) is 0 Å². The first-order valence-electron chi connectivity index (χ1n) is 5.04. The van der Waals surface area contributed by atoms with E-state index in [0.29, 0.717) is 0 Å². The van der Waals surface area contributed by atoms with Crippen LogP contribution in [0.15, 0.2) is 0 Å². The Balaban J connectivity index is 4.67. The number of nitrogens with zero attached hydrogens (tertiary/aromatic N) is 1. The Morgan fingerprint density at radius 1 is 1.19 bits per heavy atom. The number of rotatable bonds is 6. The molecule has 0 aromatic carbocycles. The molecule has 3 N–H and O–H groups in total. The van der Waals surface area contributed by atoms with Gasteiger partial charge in [-0.25, -0.2) is 0 Å². The minimum absolute atomic E-state index is 0.0803. The second-order valence-corrected chi connectivity index (χ2v) is 4.09. The van der Waals surface area contributed by atoms with E-state index in [9.17, 15) is 14.4 Å². The van der Waals surface area contributed by atoms with Crippen LogP contribution >= 0.6 is 0 Å². The number of hydrogen-bond donors (Lipinski definition) is 2. The van der Waals surface area contributed by atoms with E-state index >= 15 is 0 Å². The van der Waals surface area contributed by atoms with Crippen LogP contribution in [0.25, 0.3) is 0 Å². The van der Waals surface area contributed by atoms with Crippen molar-refractivity contribution in [2.24, 2.45) is 17.6 Å². The van der Waals surface area contributed by atoms with Gasteiger partial charge in [0.1, 0.15) is 6.54 Å². The molecule has 0 rings (SSSR count). The topological polar surface area (TPSA) is 101 Å². The monoisotopic (exact) mass is 230 g/mol. The Hall–Kier alpha value is -1.59. The van der Waals surface area contributed by atoms with E-state index in [2.05, 4.69) is 0 Å². The zero-order chi connectivity index (χ0) is 12.9. The van der Waals surface area contributed by atoms with E-state index in [4.69, 9.17) is 10.8 Å². The molecule has 0 heterocycles. The number of carboxylic acids is 1. The minimum atomic E-state index is -1.16. The van der Waals surface area contributed by atoms with Gasteiger partial charge in [0.25, 0.3) is 0 Å². The van der Waals surface area contributed by atoms with E-state index in [1.54, 1.807) is 6.92 Å². The standard InChI is InChI=1S/C10H18N2O4/c1-6(2)7(3)10(16)12(4-8(11)13)5-9(14)15/h6-7H,4-5H2,1-3H3,(H2,11,13)(H,14,15). The second kappa shape index (κ2) is 6.09. The van der Waals surface area contributed by atoms with Crippen LogP contribution in [-0.4, -0.2) is 40.9 Å². The predicted molar refractivity (Wildman–Crippen MR) is 57.4 cm³/mol. The highest BCUT2D eigenvalue weighted by Crippen LogP contribution is 2.13. The summed E-state index contributed by atoms with van der Waals surface area (Å²) in [4.78, 5) is 34.0. The predicted octanol–water partition coefficient (Wildman–Crippen LogP) is -0.323. The molecule has 2 amide bonds. The maximum Gasteiger partial charge on any atom is 0.323 e. The van der Waals surface area contributed by atoms with Gasteiger partial charge in [0.05, 0.1) is 6.54 Å². The van der Waals surface area contributed by atoms with Crippen molar-refractivity contribution >= 4 is 17.8 Å². The van der Waals surface area contributed by atoms with Crippen LogP contribution in [0.5, 0.6) is 0 Å². The molecule has 0 spiro atoms. The Morgan fingerprint density at radius 2 is 1.69 bits per heavy atom. The summed E-state index contributed by atoms with van der Waals surface area (Å²) in [5, 5.41) is 8.62. The number of amides is 2. The van der Waals surface area contributed by atoms with E-state index in [0.717, 1.165) is 4.90 Å². The summed E-state index contributed by atoms with van der Waals surface area (Å²) in [7, 11) is 0. The molecule has 92 valence electrons. The van der Waals surface area contributed by atoms with Gasteiger partial charge in [-0.15, -0.1) is 0 Å². The highest BCUT2D eigenvalue weighted by Gasteiger charge is 2.25. The maximum absolute atomic E-state index is 11.8. The summed E-state index contributed by atoms with van der Waals surface area (Å²) in [6.45, 7) is 4.54. The van der Waals surface area contributed by atoms with Gasteiger partial charge in [-0.3, -0.25) is 14.4 Å². The number of primary amides is 1. The van der Waals surface area contributed by atoms with Gasteiger partial charge in [0, 0.05) is 5.92 Å². The van der Waals surface area contributed by atoms with E-state index in [1.807, 2.05) is 13.8 Å². The lowest BCUT2D eigenvalue weighted by molar-refractivity contribution is -0.148. The molecule has 0 aliphatic rings. The third kappa shape index (κ3) is 4.77. The number of aliphatic carboxylic acids is 1. The van der Waals surface area contributed by atoms with Gasteiger partial charge in [-0.1, -0.05) is 20.8 Å². The third-order valence-corrected chi connectivity index (χ3v) is 2.37. The van der Waals surface area contributed by atoms with Gasteiger partial charge < -0.3 is 15.7 Å². The zero-order valence-electron chi connectivity index (χ0n) is 9.77. The first-order chi connectivity index (χ1) is 7.25. The molecule has 0 aliphatic carbocycles. The molecule has 0 aromatic heterocycles. The molecule has 6 nitrogen and oxygen atoms in total. The van der Waals surface area contributed by atoms with Gasteiger partial charge >= 0.3 is 5.97 Å². The number of hydrogen-bond acceptors (Lipinski definition) is 3. The Labute approximate surface area is 94.4 Å². The molecule has 0 fully saturated rings. The summed E-state index contributed by atoms with van der Waals surface area (Å²) in [6, 6.07) is 0. The Bertz CT molecular complexity index is 273. The summed E-state index contributed by atoms with van der Waals surface area (Å²) in [5.74, 6) is -2.50. The SMILES string of the molecule is CC(C)C(C)C(=O)N(CC(N)=O)CC(=O)O. The number of nitrogens with two attached hydrogens (primary N) is 1. The normalized spacial score (nSPS) is 12.2. The molecular formula is C10H18N2O4. The second-order valence-electron chi connectivity index (χ2n) is 4.09. The molecule has 0 bridgehead atoms. The summed E-state index contributed by atoms with van der Waals surface area (Å²) in [5.41, 5.74) is 4.96. The highest BCUT2D eigenvalue weighted by atomic mass is 16.4. The lowest BCUT2D eigenvalue weighted by atomic mass is 9.96. The Morgan fingerprint density at radius 3 is 2.00 bits per heavy atom. The van der Waals surface area contributed by atoms with Crippen LogP contribution in [-0.2, 0) is 14.4 Å². The molecule has 16 heavy (non-hydrogen) atoms.